The van der Waals surface area contributed by atoms with E-state index in [2.05, 4.69) is 37.4 Å². The van der Waals surface area contributed by atoms with E-state index in [0.29, 0.717) is 12.8 Å². The average molecular weight is 586 g/mol. The molecule has 4 N–H and O–H groups in total. The van der Waals surface area contributed by atoms with Gasteiger partial charge in [0, 0.05) is 0 Å². The van der Waals surface area contributed by atoms with Crippen molar-refractivity contribution in [2.24, 2.45) is 0 Å². The van der Waals surface area contributed by atoms with Gasteiger partial charge in [0.1, 0.15) is 6.10 Å². The molecule has 0 aliphatic heterocycles. The molecule has 0 heterocycles. The largest absolute Gasteiger partial charge is 0.387 e. The summed E-state index contributed by atoms with van der Waals surface area (Å²) in [6.45, 7) is 4.34. The van der Waals surface area contributed by atoms with Crippen LogP contribution in [0.1, 0.15) is 136 Å². The van der Waals surface area contributed by atoms with Crippen LogP contribution in [0.4, 0.5) is 0 Å². The van der Waals surface area contributed by atoms with Gasteiger partial charge in [-0.2, -0.15) is 8.42 Å². The highest BCUT2D eigenvalue weighted by molar-refractivity contribution is 7.85. The van der Waals surface area contributed by atoms with Crippen LogP contribution in [-0.4, -0.2) is 53.1 Å². The second-order valence-electron chi connectivity index (χ2n) is 10.9. The van der Waals surface area contributed by atoms with Gasteiger partial charge in [-0.15, -0.1) is 0 Å². The number of allylic oxidation sites excluding steroid dienone is 5. The van der Waals surface area contributed by atoms with E-state index in [1.54, 1.807) is 6.08 Å². The van der Waals surface area contributed by atoms with Crippen LogP contribution >= 0.6 is 0 Å². The number of carbonyl (C=O) groups is 1. The first kappa shape index (κ1) is 38.5. The van der Waals surface area contributed by atoms with Crippen molar-refractivity contribution in [3.63, 3.8) is 0 Å². The van der Waals surface area contributed by atoms with Gasteiger partial charge in [0.05, 0.1) is 17.9 Å². The van der Waals surface area contributed by atoms with Crippen LogP contribution in [0, 0.1) is 0 Å². The summed E-state index contributed by atoms with van der Waals surface area (Å²) in [6, 6.07) is -1.25. The van der Waals surface area contributed by atoms with Crippen molar-refractivity contribution in [2.75, 3.05) is 5.75 Å². The van der Waals surface area contributed by atoms with Crippen LogP contribution in [0.3, 0.4) is 0 Å². The monoisotopic (exact) mass is 585 g/mol. The lowest BCUT2D eigenvalue weighted by Gasteiger charge is -2.22. The topological polar surface area (TPSA) is 124 Å². The van der Waals surface area contributed by atoms with Crippen LogP contribution in [0.15, 0.2) is 36.5 Å². The molecule has 0 aromatic rings. The molecule has 0 bridgehead atoms. The second-order valence-corrected chi connectivity index (χ2v) is 12.4. The Kier molecular flexibility index (Phi) is 25.4. The molecule has 3 atom stereocenters. The van der Waals surface area contributed by atoms with Gasteiger partial charge in [-0.25, -0.2) is 0 Å². The molecule has 0 rings (SSSR count). The molecule has 0 aliphatic carbocycles. The lowest BCUT2D eigenvalue weighted by Crippen LogP contribution is -2.50. The fourth-order valence-electron chi connectivity index (χ4n) is 4.41. The summed E-state index contributed by atoms with van der Waals surface area (Å²) in [5, 5.41) is 23.0. The highest BCUT2D eigenvalue weighted by atomic mass is 32.2. The molecule has 8 heteroatoms. The van der Waals surface area contributed by atoms with Crippen molar-refractivity contribution in [3.8, 4) is 0 Å². The Morgan fingerprint density at radius 3 is 1.75 bits per heavy atom. The summed E-state index contributed by atoms with van der Waals surface area (Å²) in [7, 11) is -4.44. The van der Waals surface area contributed by atoms with Crippen LogP contribution in [0.5, 0.6) is 0 Å². The lowest BCUT2D eigenvalue weighted by molar-refractivity contribution is -0.130. The quantitative estimate of drug-likeness (QED) is 0.0459. The molecular formula is C32H59NO6S. The predicted molar refractivity (Wildman–Crippen MR) is 167 cm³/mol. The normalized spacial score (nSPS) is 14.8. The molecule has 0 aromatic carbocycles. The molecule has 0 fully saturated rings. The molecule has 0 radical (unpaired) electrons. The van der Waals surface area contributed by atoms with E-state index < -0.39 is 40.0 Å². The first-order chi connectivity index (χ1) is 19.2. The number of hydrogen-bond acceptors (Lipinski definition) is 5. The number of unbranched alkanes of at least 4 members (excludes halogenated alkanes) is 14. The molecule has 7 nitrogen and oxygen atoms in total. The number of nitrogens with one attached hydrogen (secondary N) is 1. The standard InChI is InChI=1S/C32H59NO6S/c1-3-5-7-9-11-12-13-14-15-16-17-18-19-21-23-25-27-31(35)32(36)33-29(28-40(37,38)39)30(34)26-24-22-20-10-8-6-4-2/h8,10,14-15,24,26,29-31,34-35H,3-7,9,11-13,16-23,25,27-28H2,1-2H3,(H,33,36)(H,37,38,39)/b10-8+,15-14-,26-24+. The molecule has 0 spiro atoms. The summed E-state index contributed by atoms with van der Waals surface area (Å²) in [5.41, 5.74) is 0. The Balaban J connectivity index is 4.13. The maximum Gasteiger partial charge on any atom is 0.267 e. The maximum atomic E-state index is 12.4. The molecule has 1 amide bonds. The zero-order chi connectivity index (χ0) is 29.9. The molecular weight excluding hydrogens is 526 g/mol. The Labute approximate surface area is 245 Å². The van der Waals surface area contributed by atoms with Gasteiger partial charge in [0.25, 0.3) is 10.1 Å². The van der Waals surface area contributed by atoms with E-state index in [1.807, 2.05) is 6.08 Å². The smallest absolute Gasteiger partial charge is 0.267 e. The molecule has 0 aliphatic rings. The molecule has 0 saturated carbocycles. The molecule has 234 valence electrons. The number of amides is 1. The minimum atomic E-state index is -4.44. The van der Waals surface area contributed by atoms with Crippen molar-refractivity contribution in [3.05, 3.63) is 36.5 Å². The van der Waals surface area contributed by atoms with Gasteiger partial charge >= 0.3 is 0 Å². The van der Waals surface area contributed by atoms with Gasteiger partial charge < -0.3 is 15.5 Å². The highest BCUT2D eigenvalue weighted by Crippen LogP contribution is 2.12. The van der Waals surface area contributed by atoms with Gasteiger partial charge in [-0.1, -0.05) is 121 Å². The zero-order valence-corrected chi connectivity index (χ0v) is 26.1. The second kappa shape index (κ2) is 26.4. The Bertz CT molecular complexity index is 793. The summed E-state index contributed by atoms with van der Waals surface area (Å²) >= 11 is 0. The number of carbonyl (C=O) groups excluding carboxylic acids is 1. The van der Waals surface area contributed by atoms with Crippen molar-refractivity contribution >= 4 is 16.0 Å². The Morgan fingerprint density at radius 1 is 0.675 bits per heavy atom. The van der Waals surface area contributed by atoms with Gasteiger partial charge in [0.2, 0.25) is 5.91 Å². The van der Waals surface area contributed by atoms with Crippen LogP contribution < -0.4 is 5.32 Å². The van der Waals surface area contributed by atoms with E-state index in [4.69, 9.17) is 0 Å². The summed E-state index contributed by atoms with van der Waals surface area (Å²) in [4.78, 5) is 12.4. The van der Waals surface area contributed by atoms with E-state index in [1.165, 1.54) is 63.9 Å². The zero-order valence-electron chi connectivity index (χ0n) is 25.3. The number of hydrogen-bond donors (Lipinski definition) is 4. The number of aliphatic hydroxyl groups is 2. The first-order valence-electron chi connectivity index (χ1n) is 15.8. The predicted octanol–water partition coefficient (Wildman–Crippen LogP) is 7.20. The molecule has 40 heavy (non-hydrogen) atoms. The number of rotatable bonds is 27. The summed E-state index contributed by atoms with van der Waals surface area (Å²) < 4.78 is 32.1. The third-order valence-corrected chi connectivity index (χ3v) is 7.66. The summed E-state index contributed by atoms with van der Waals surface area (Å²) in [6.07, 6.45) is 29.5. The lowest BCUT2D eigenvalue weighted by atomic mass is 10.0. The summed E-state index contributed by atoms with van der Waals surface area (Å²) in [5.74, 6) is -1.57. The van der Waals surface area contributed by atoms with E-state index in [0.717, 1.165) is 44.9 Å². The van der Waals surface area contributed by atoms with Crippen molar-refractivity contribution in [1.29, 1.82) is 0 Å². The van der Waals surface area contributed by atoms with Crippen LogP contribution in [0.2, 0.25) is 0 Å². The maximum absolute atomic E-state index is 12.4. The minimum Gasteiger partial charge on any atom is -0.387 e. The first-order valence-corrected chi connectivity index (χ1v) is 17.4. The van der Waals surface area contributed by atoms with Gasteiger partial charge in [-0.3, -0.25) is 9.35 Å². The van der Waals surface area contributed by atoms with Crippen LogP contribution in [-0.2, 0) is 14.9 Å². The third kappa shape index (κ3) is 25.5. The molecule has 3 unspecified atom stereocenters. The average Bonchev–Trinajstić information content (AvgIpc) is 2.90. The Morgan fingerprint density at radius 2 is 1.18 bits per heavy atom. The van der Waals surface area contributed by atoms with Crippen molar-refractivity contribution in [1.82, 2.24) is 5.32 Å². The SMILES string of the molecule is CCC/C=C/CC/C=C/C(O)C(CS(=O)(=O)O)NC(=O)C(O)CCCCCCCC/C=C\CCCCCCCC. The van der Waals surface area contributed by atoms with Crippen molar-refractivity contribution in [2.45, 2.75) is 154 Å². The highest BCUT2D eigenvalue weighted by Gasteiger charge is 2.27. The number of aliphatic hydroxyl groups excluding tert-OH is 2. The van der Waals surface area contributed by atoms with E-state index in [9.17, 15) is 28.0 Å². The fourth-order valence-corrected chi connectivity index (χ4v) is 5.15. The van der Waals surface area contributed by atoms with Crippen molar-refractivity contribution < 1.29 is 28.0 Å². The van der Waals surface area contributed by atoms with Gasteiger partial charge in [0.15, 0.2) is 0 Å². The third-order valence-electron chi connectivity index (χ3n) is 6.88. The minimum absolute atomic E-state index is 0.266. The Hall–Kier alpha value is -1.48. The fraction of sp³-hybridized carbons (Fsp3) is 0.781. The van der Waals surface area contributed by atoms with E-state index in [-0.39, 0.29) is 6.42 Å². The van der Waals surface area contributed by atoms with Gasteiger partial charge in [-0.05, 0) is 51.4 Å². The molecule has 0 saturated heterocycles. The molecule has 0 aromatic heterocycles. The van der Waals surface area contributed by atoms with E-state index >= 15 is 0 Å². The van der Waals surface area contributed by atoms with Crippen LogP contribution in [0.25, 0.3) is 0 Å².